The second-order valence-electron chi connectivity index (χ2n) is 7.19. The molecule has 8 heteroatoms. The van der Waals surface area contributed by atoms with E-state index < -0.39 is 16.6 Å². The predicted molar refractivity (Wildman–Crippen MR) is 106 cm³/mol. The van der Waals surface area contributed by atoms with Gasteiger partial charge < -0.3 is 19.2 Å². The first-order chi connectivity index (χ1) is 13.4. The van der Waals surface area contributed by atoms with Gasteiger partial charge in [-0.15, -0.1) is 0 Å². The van der Waals surface area contributed by atoms with Crippen molar-refractivity contribution < 1.29 is 18.4 Å². The highest BCUT2D eigenvalue weighted by atomic mass is 32.2. The van der Waals surface area contributed by atoms with E-state index in [0.717, 1.165) is 22.3 Å². The summed E-state index contributed by atoms with van der Waals surface area (Å²) in [6, 6.07) is 9.43. The molecule has 2 unspecified atom stereocenters. The van der Waals surface area contributed by atoms with Gasteiger partial charge in [-0.1, -0.05) is 12.1 Å². The number of hydrogen-bond acceptors (Lipinski definition) is 6. The molecule has 3 heterocycles. The van der Waals surface area contributed by atoms with Crippen LogP contribution < -0.4 is 4.74 Å². The van der Waals surface area contributed by atoms with Crippen molar-refractivity contribution in [3.05, 3.63) is 47.8 Å². The van der Waals surface area contributed by atoms with Crippen molar-refractivity contribution in [3.63, 3.8) is 0 Å². The van der Waals surface area contributed by atoms with Gasteiger partial charge in [0, 0.05) is 11.8 Å². The van der Waals surface area contributed by atoms with E-state index in [9.17, 15) is 4.21 Å². The van der Waals surface area contributed by atoms with Gasteiger partial charge in [0.15, 0.2) is 10.9 Å². The van der Waals surface area contributed by atoms with Crippen LogP contribution in [0, 0.1) is 6.92 Å². The minimum Gasteiger partial charge on any atom is -0.490 e. The number of ether oxygens (including phenoxy) is 3. The van der Waals surface area contributed by atoms with Crippen molar-refractivity contribution in [2.75, 3.05) is 13.2 Å². The van der Waals surface area contributed by atoms with E-state index in [1.54, 1.807) is 6.20 Å². The fourth-order valence-corrected chi connectivity index (χ4v) is 4.22. The smallest absolute Gasteiger partial charge is 0.197 e. The summed E-state index contributed by atoms with van der Waals surface area (Å²) in [7, 11) is -1.33. The molecule has 1 N–H and O–H groups in total. The quantitative estimate of drug-likeness (QED) is 0.683. The number of nitrogens with one attached hydrogen (secondary N) is 1. The number of rotatable bonds is 6. The third-order valence-corrected chi connectivity index (χ3v) is 5.76. The van der Waals surface area contributed by atoms with Gasteiger partial charge in [-0.3, -0.25) is 9.19 Å². The molecule has 1 fully saturated rings. The summed E-state index contributed by atoms with van der Waals surface area (Å²) in [6.45, 7) is 6.58. The number of imidazole rings is 1. The molecule has 1 aliphatic heterocycles. The van der Waals surface area contributed by atoms with Crippen molar-refractivity contribution in [1.29, 1.82) is 0 Å². The number of H-pyrrole nitrogens is 1. The predicted octanol–water partition coefficient (Wildman–Crippen LogP) is 3.10. The monoisotopic (exact) mass is 401 g/mol. The molecular weight excluding hydrogens is 378 g/mol. The summed E-state index contributed by atoms with van der Waals surface area (Å²) in [5, 5.41) is 0.451. The fourth-order valence-electron chi connectivity index (χ4n) is 3.12. The van der Waals surface area contributed by atoms with E-state index in [4.69, 9.17) is 14.2 Å². The van der Waals surface area contributed by atoms with Crippen molar-refractivity contribution in [1.82, 2.24) is 15.0 Å². The average Bonchev–Trinajstić information content (AvgIpc) is 3.25. The Morgan fingerprint density at radius 1 is 1.32 bits per heavy atom. The second kappa shape index (κ2) is 7.62. The maximum atomic E-state index is 12.8. The molecule has 0 radical (unpaired) electrons. The van der Waals surface area contributed by atoms with Crippen LogP contribution in [0.3, 0.4) is 0 Å². The van der Waals surface area contributed by atoms with Crippen molar-refractivity contribution in [2.24, 2.45) is 0 Å². The van der Waals surface area contributed by atoms with Crippen LogP contribution >= 0.6 is 0 Å². The van der Waals surface area contributed by atoms with Crippen LogP contribution in [0.1, 0.15) is 25.1 Å². The lowest BCUT2D eigenvalue weighted by atomic mass is 10.2. The summed E-state index contributed by atoms with van der Waals surface area (Å²) in [5.41, 5.74) is 3.26. The first-order valence-electron chi connectivity index (χ1n) is 9.13. The molecule has 3 aromatic rings. The molecule has 4 rings (SSSR count). The fraction of sp³-hybridized carbons (Fsp3) is 0.400. The van der Waals surface area contributed by atoms with Gasteiger partial charge in [0.25, 0.3) is 0 Å². The zero-order valence-corrected chi connectivity index (χ0v) is 16.9. The van der Waals surface area contributed by atoms with E-state index >= 15 is 0 Å². The van der Waals surface area contributed by atoms with Crippen LogP contribution in [0.25, 0.3) is 11.0 Å². The van der Waals surface area contributed by atoms with Gasteiger partial charge in [-0.25, -0.2) is 4.98 Å². The molecule has 28 heavy (non-hydrogen) atoms. The highest BCUT2D eigenvalue weighted by Crippen LogP contribution is 2.25. The molecule has 2 aromatic heterocycles. The number of benzene rings is 1. The lowest BCUT2D eigenvalue weighted by molar-refractivity contribution is -0.141. The molecule has 2 atom stereocenters. The van der Waals surface area contributed by atoms with E-state index in [2.05, 4.69) is 15.0 Å². The zero-order chi connectivity index (χ0) is 19.7. The van der Waals surface area contributed by atoms with Gasteiger partial charge in [0.05, 0.1) is 39.9 Å². The summed E-state index contributed by atoms with van der Waals surface area (Å²) in [5.74, 6) is 0.398. The van der Waals surface area contributed by atoms with Crippen molar-refractivity contribution in [2.45, 2.75) is 43.6 Å². The van der Waals surface area contributed by atoms with Crippen LogP contribution in [-0.2, 0) is 26.0 Å². The molecule has 148 valence electrons. The number of fused-ring (bicyclic) bond motifs is 1. The Kier molecular flexibility index (Phi) is 5.18. The van der Waals surface area contributed by atoms with Crippen molar-refractivity contribution >= 4 is 21.8 Å². The number of nitrogens with zero attached hydrogens (tertiary/aromatic N) is 2. The number of hydrogen-bond donors (Lipinski definition) is 1. The lowest BCUT2D eigenvalue weighted by Gasteiger charge is -2.18. The van der Waals surface area contributed by atoms with E-state index in [0.29, 0.717) is 24.1 Å². The van der Waals surface area contributed by atoms with Gasteiger partial charge in [0.1, 0.15) is 18.5 Å². The molecule has 7 nitrogen and oxygen atoms in total. The third kappa shape index (κ3) is 4.09. The molecule has 1 aromatic carbocycles. The van der Waals surface area contributed by atoms with Gasteiger partial charge in [-0.2, -0.15) is 0 Å². The minimum absolute atomic E-state index is 0.115. The van der Waals surface area contributed by atoms with Crippen molar-refractivity contribution in [3.8, 4) is 5.75 Å². The summed E-state index contributed by atoms with van der Waals surface area (Å²) < 4.78 is 30.0. The Bertz CT molecular complexity index is 985. The Balaban J connectivity index is 1.45. The number of aromatic nitrogens is 3. The zero-order valence-electron chi connectivity index (χ0n) is 16.1. The second-order valence-corrected chi connectivity index (χ2v) is 8.56. The van der Waals surface area contributed by atoms with Crippen LogP contribution in [0.15, 0.2) is 41.7 Å². The molecule has 0 amide bonds. The van der Waals surface area contributed by atoms with Crippen LogP contribution in [-0.4, -0.2) is 44.3 Å². The van der Waals surface area contributed by atoms with E-state index in [1.807, 2.05) is 51.1 Å². The van der Waals surface area contributed by atoms with Crippen LogP contribution in [0.2, 0.25) is 0 Å². The number of pyridine rings is 1. The summed E-state index contributed by atoms with van der Waals surface area (Å²) in [6.07, 6.45) is 1.55. The molecular formula is C20H23N3O4S. The largest absolute Gasteiger partial charge is 0.490 e. The molecule has 0 saturated carbocycles. The Labute approximate surface area is 165 Å². The van der Waals surface area contributed by atoms with E-state index in [-0.39, 0.29) is 11.9 Å². The van der Waals surface area contributed by atoms with Gasteiger partial charge in [0.2, 0.25) is 0 Å². The molecule has 0 aliphatic carbocycles. The van der Waals surface area contributed by atoms with Gasteiger partial charge >= 0.3 is 0 Å². The molecule has 1 saturated heterocycles. The Morgan fingerprint density at radius 3 is 2.89 bits per heavy atom. The Morgan fingerprint density at radius 2 is 2.14 bits per heavy atom. The highest BCUT2D eigenvalue weighted by Gasteiger charge is 2.33. The Hall–Kier alpha value is -2.29. The highest BCUT2D eigenvalue weighted by molar-refractivity contribution is 7.84. The first-order valence-corrected chi connectivity index (χ1v) is 10.5. The summed E-state index contributed by atoms with van der Waals surface area (Å²) in [4.78, 5) is 11.9. The van der Waals surface area contributed by atoms with Crippen LogP contribution in [0.4, 0.5) is 0 Å². The minimum atomic E-state index is -1.33. The molecule has 1 aliphatic rings. The first kappa shape index (κ1) is 19.0. The SMILES string of the molecule is Cc1c(OCC2COC(C)(C)O2)ccnc1CS(=O)c1nc2ccccc2[nH]1. The normalized spacial score (nSPS) is 19.8. The third-order valence-electron chi connectivity index (χ3n) is 4.60. The summed E-state index contributed by atoms with van der Waals surface area (Å²) >= 11 is 0. The average molecular weight is 401 g/mol. The van der Waals surface area contributed by atoms with E-state index in [1.165, 1.54) is 0 Å². The molecule has 0 bridgehead atoms. The maximum Gasteiger partial charge on any atom is 0.197 e. The van der Waals surface area contributed by atoms with Crippen LogP contribution in [0.5, 0.6) is 5.75 Å². The van der Waals surface area contributed by atoms with Gasteiger partial charge in [-0.05, 0) is 39.0 Å². The number of aromatic amines is 1. The lowest BCUT2D eigenvalue weighted by Crippen LogP contribution is -2.25. The standard InChI is InChI=1S/C20H23N3O4S/c1-13-17(12-28(24)19-22-15-6-4-5-7-16(15)23-19)21-9-8-18(13)25-10-14-11-26-20(2,3)27-14/h4-9,14H,10-12H2,1-3H3,(H,22,23). The maximum absolute atomic E-state index is 12.8. The topological polar surface area (TPSA) is 86.3 Å². The molecule has 0 spiro atoms. The number of para-hydroxylation sites is 2.